The zero-order valence-corrected chi connectivity index (χ0v) is 9.30. The van der Waals surface area contributed by atoms with Crippen molar-refractivity contribution in [3.63, 3.8) is 0 Å². The fourth-order valence-electron chi connectivity index (χ4n) is 1.32. The maximum Gasteiger partial charge on any atom is 0.404 e. The first-order chi connectivity index (χ1) is 7.75. The van der Waals surface area contributed by atoms with Crippen molar-refractivity contribution < 1.29 is 9.90 Å². The van der Waals surface area contributed by atoms with Crippen LogP contribution >= 0.6 is 11.3 Å². The second-order valence-electron chi connectivity index (χ2n) is 3.27. The third-order valence-electron chi connectivity index (χ3n) is 2.05. The lowest BCUT2D eigenvalue weighted by Gasteiger charge is -2.02. The summed E-state index contributed by atoms with van der Waals surface area (Å²) < 4.78 is 0. The lowest BCUT2D eigenvalue weighted by molar-refractivity contribution is 0.194. The Labute approximate surface area is 95.7 Å². The van der Waals surface area contributed by atoms with Gasteiger partial charge in [0.15, 0.2) is 0 Å². The Hall–Kier alpha value is -1.76. The largest absolute Gasteiger partial charge is 0.465 e. The van der Waals surface area contributed by atoms with E-state index in [2.05, 4.69) is 20.6 Å². The number of H-pyrrole nitrogens is 1. The van der Waals surface area contributed by atoms with Gasteiger partial charge in [0.1, 0.15) is 5.52 Å². The first kappa shape index (κ1) is 10.7. The van der Waals surface area contributed by atoms with E-state index in [0.29, 0.717) is 13.1 Å². The van der Waals surface area contributed by atoms with E-state index in [-0.39, 0.29) is 0 Å². The van der Waals surface area contributed by atoms with E-state index < -0.39 is 6.09 Å². The number of aromatic nitrogens is 2. The molecule has 2 aromatic rings. The lowest BCUT2D eigenvalue weighted by atomic mass is 10.4. The van der Waals surface area contributed by atoms with Gasteiger partial charge in [-0.3, -0.25) is 0 Å². The smallest absolute Gasteiger partial charge is 0.404 e. The first-order valence-corrected chi connectivity index (χ1v) is 5.82. The number of carboxylic acid groups (broad SMARTS) is 1. The lowest BCUT2D eigenvalue weighted by Crippen LogP contribution is -2.23. The van der Waals surface area contributed by atoms with Crippen LogP contribution in [0.15, 0.2) is 10.8 Å². The number of rotatable bonds is 5. The van der Waals surface area contributed by atoms with Crippen LogP contribution in [0, 0.1) is 0 Å². The van der Waals surface area contributed by atoms with Gasteiger partial charge in [0, 0.05) is 23.8 Å². The number of imidazole rings is 1. The number of anilines is 1. The van der Waals surface area contributed by atoms with Crippen LogP contribution in [-0.4, -0.2) is 34.3 Å². The maximum atomic E-state index is 10.2. The molecule has 0 radical (unpaired) electrons. The van der Waals surface area contributed by atoms with E-state index >= 15 is 0 Å². The van der Waals surface area contributed by atoms with E-state index in [0.717, 1.165) is 23.4 Å². The van der Waals surface area contributed by atoms with Crippen molar-refractivity contribution in [2.75, 3.05) is 18.4 Å². The molecule has 4 N–H and O–H groups in total. The summed E-state index contributed by atoms with van der Waals surface area (Å²) in [4.78, 5) is 17.6. The number of hydrogen-bond donors (Lipinski definition) is 4. The highest BCUT2D eigenvalue weighted by atomic mass is 32.1. The van der Waals surface area contributed by atoms with E-state index in [9.17, 15) is 4.79 Å². The topological polar surface area (TPSA) is 90.0 Å². The number of fused-ring (bicyclic) bond motifs is 1. The number of nitrogens with one attached hydrogen (secondary N) is 3. The summed E-state index contributed by atoms with van der Waals surface area (Å²) in [6.45, 7) is 1.12. The molecule has 2 rings (SSSR count). The summed E-state index contributed by atoms with van der Waals surface area (Å²) >= 11 is 1.61. The van der Waals surface area contributed by atoms with Crippen LogP contribution in [-0.2, 0) is 0 Å². The van der Waals surface area contributed by atoms with Crippen molar-refractivity contribution in [3.8, 4) is 0 Å². The minimum atomic E-state index is -0.988. The summed E-state index contributed by atoms with van der Waals surface area (Å²) in [5, 5.41) is 17.7. The second-order valence-corrected chi connectivity index (χ2v) is 4.01. The summed E-state index contributed by atoms with van der Waals surface area (Å²) in [5.74, 6) is 0.730. The van der Waals surface area contributed by atoms with Crippen LogP contribution in [0.2, 0.25) is 0 Å². The summed E-state index contributed by atoms with van der Waals surface area (Å²) in [6, 6.07) is 0. The molecule has 0 saturated carbocycles. The number of carbonyl (C=O) groups is 1. The molecule has 1 amide bonds. The highest BCUT2D eigenvalue weighted by molar-refractivity contribution is 7.09. The Bertz CT molecular complexity index is 450. The van der Waals surface area contributed by atoms with Gasteiger partial charge in [0.2, 0.25) is 5.95 Å². The van der Waals surface area contributed by atoms with Gasteiger partial charge in [-0.2, -0.15) is 0 Å². The van der Waals surface area contributed by atoms with E-state index in [1.165, 1.54) is 0 Å². The van der Waals surface area contributed by atoms with Crippen LogP contribution in [0.25, 0.3) is 11.0 Å². The molecular weight excluding hydrogens is 228 g/mol. The molecule has 0 spiro atoms. The third kappa shape index (κ3) is 2.63. The average molecular weight is 240 g/mol. The minimum absolute atomic E-state index is 0.441. The van der Waals surface area contributed by atoms with Gasteiger partial charge in [0.05, 0.1) is 5.52 Å². The molecule has 0 bridgehead atoms. The molecule has 0 aliphatic heterocycles. The molecule has 0 saturated heterocycles. The molecule has 0 aliphatic rings. The van der Waals surface area contributed by atoms with Crippen LogP contribution in [0.1, 0.15) is 6.42 Å². The molecule has 0 aliphatic carbocycles. The molecule has 2 aromatic heterocycles. The van der Waals surface area contributed by atoms with Crippen molar-refractivity contribution in [2.45, 2.75) is 6.42 Å². The van der Waals surface area contributed by atoms with Gasteiger partial charge in [-0.15, -0.1) is 11.3 Å². The minimum Gasteiger partial charge on any atom is -0.465 e. The molecule has 0 aromatic carbocycles. The molecule has 16 heavy (non-hydrogen) atoms. The number of aromatic amines is 1. The molecule has 2 heterocycles. The average Bonchev–Trinajstić information content (AvgIpc) is 2.76. The van der Waals surface area contributed by atoms with Gasteiger partial charge >= 0.3 is 6.09 Å². The van der Waals surface area contributed by atoms with E-state index in [1.807, 2.05) is 10.8 Å². The standard InChI is InChI=1S/C9H12N4O2S/c14-9(15)11-3-1-2-10-8-12-6-4-16-5-7(6)13-8/h4-5,11H,1-3H2,(H,14,15)(H2,10,12,13). The normalized spacial score (nSPS) is 10.5. The van der Waals surface area contributed by atoms with Crippen molar-refractivity contribution in [2.24, 2.45) is 0 Å². The molecule has 0 unspecified atom stereocenters. The Balaban J connectivity index is 1.74. The Kier molecular flexibility index (Phi) is 3.25. The van der Waals surface area contributed by atoms with Gasteiger partial charge in [-0.1, -0.05) is 0 Å². The van der Waals surface area contributed by atoms with Crippen molar-refractivity contribution in [1.29, 1.82) is 0 Å². The van der Waals surface area contributed by atoms with Crippen molar-refractivity contribution in [1.82, 2.24) is 15.3 Å². The van der Waals surface area contributed by atoms with E-state index in [4.69, 9.17) is 5.11 Å². The summed E-state index contributed by atoms with van der Waals surface area (Å²) in [6.07, 6.45) is -0.266. The molecule has 86 valence electrons. The Morgan fingerprint density at radius 1 is 1.50 bits per heavy atom. The molecular formula is C9H12N4O2S. The fraction of sp³-hybridized carbons (Fsp3) is 0.333. The monoisotopic (exact) mass is 240 g/mol. The van der Waals surface area contributed by atoms with Gasteiger partial charge in [-0.25, -0.2) is 9.78 Å². The van der Waals surface area contributed by atoms with Crippen molar-refractivity contribution in [3.05, 3.63) is 10.8 Å². The maximum absolute atomic E-state index is 10.2. The quantitative estimate of drug-likeness (QED) is 0.599. The van der Waals surface area contributed by atoms with Crippen molar-refractivity contribution >= 4 is 34.4 Å². The molecule has 7 heteroatoms. The second kappa shape index (κ2) is 4.84. The Morgan fingerprint density at radius 3 is 3.12 bits per heavy atom. The molecule has 0 atom stereocenters. The van der Waals surface area contributed by atoms with Crippen LogP contribution in [0.4, 0.5) is 10.7 Å². The SMILES string of the molecule is O=C(O)NCCCNc1nc2cscc2[nH]1. The summed E-state index contributed by atoms with van der Waals surface area (Å²) in [7, 11) is 0. The Morgan fingerprint density at radius 2 is 2.38 bits per heavy atom. The third-order valence-corrected chi connectivity index (χ3v) is 2.78. The van der Waals surface area contributed by atoms with Gasteiger partial charge in [0.25, 0.3) is 0 Å². The molecule has 6 nitrogen and oxygen atoms in total. The number of hydrogen-bond acceptors (Lipinski definition) is 4. The summed E-state index contributed by atoms with van der Waals surface area (Å²) in [5.41, 5.74) is 1.98. The van der Waals surface area contributed by atoms with Gasteiger partial charge in [-0.05, 0) is 6.42 Å². The van der Waals surface area contributed by atoms with Crippen LogP contribution in [0.5, 0.6) is 0 Å². The number of amides is 1. The van der Waals surface area contributed by atoms with E-state index in [1.54, 1.807) is 11.3 Å². The number of nitrogens with zero attached hydrogens (tertiary/aromatic N) is 1. The highest BCUT2D eigenvalue weighted by Gasteiger charge is 2.01. The predicted molar refractivity (Wildman–Crippen MR) is 63.1 cm³/mol. The van der Waals surface area contributed by atoms with Crippen LogP contribution in [0.3, 0.4) is 0 Å². The van der Waals surface area contributed by atoms with Crippen LogP contribution < -0.4 is 10.6 Å². The zero-order chi connectivity index (χ0) is 11.4. The zero-order valence-electron chi connectivity index (χ0n) is 8.49. The predicted octanol–water partition coefficient (Wildman–Crippen LogP) is 1.69. The first-order valence-electron chi connectivity index (χ1n) is 4.88. The number of thiophene rings is 1. The fourth-order valence-corrected chi connectivity index (χ4v) is 2.01. The van der Waals surface area contributed by atoms with Gasteiger partial charge < -0.3 is 20.7 Å². The molecule has 0 fully saturated rings. The highest BCUT2D eigenvalue weighted by Crippen LogP contribution is 2.17.